The molecule has 0 radical (unpaired) electrons. The number of aromatic hydroxyl groups is 1. The van der Waals surface area contributed by atoms with Gasteiger partial charge in [0.25, 0.3) is 0 Å². The van der Waals surface area contributed by atoms with Crippen molar-refractivity contribution in [3.8, 4) is 5.75 Å². The third-order valence-electron chi connectivity index (χ3n) is 2.27. The van der Waals surface area contributed by atoms with E-state index in [0.717, 1.165) is 0 Å². The van der Waals surface area contributed by atoms with Crippen molar-refractivity contribution in [3.05, 3.63) is 48.3 Å². The summed E-state index contributed by atoms with van der Waals surface area (Å²) in [6.45, 7) is 0.285. The van der Waals surface area contributed by atoms with Crippen molar-refractivity contribution in [2.75, 3.05) is 11.9 Å². The standard InChI is InChI=1S/C12H13N3O2/c16-10-4-1-3-9(7-10)11(17)8-15-12-13-5-2-6-14-12/h1-7,11,16-17H,8H2,(H,13,14,15). The number of benzene rings is 1. The minimum absolute atomic E-state index is 0.137. The maximum Gasteiger partial charge on any atom is 0.222 e. The summed E-state index contributed by atoms with van der Waals surface area (Å²) in [5, 5.41) is 22.1. The average Bonchev–Trinajstić information content (AvgIpc) is 2.37. The second kappa shape index (κ2) is 5.27. The molecule has 0 saturated heterocycles. The van der Waals surface area contributed by atoms with Gasteiger partial charge in [0.1, 0.15) is 5.75 Å². The molecule has 1 unspecified atom stereocenters. The zero-order valence-corrected chi connectivity index (χ0v) is 9.11. The van der Waals surface area contributed by atoms with Gasteiger partial charge in [0, 0.05) is 18.9 Å². The second-order valence-electron chi connectivity index (χ2n) is 3.56. The highest BCUT2D eigenvalue weighted by Crippen LogP contribution is 2.18. The Morgan fingerprint density at radius 1 is 1.18 bits per heavy atom. The van der Waals surface area contributed by atoms with Crippen molar-refractivity contribution in [2.24, 2.45) is 0 Å². The monoisotopic (exact) mass is 231 g/mol. The van der Waals surface area contributed by atoms with Gasteiger partial charge in [-0.05, 0) is 23.8 Å². The highest BCUT2D eigenvalue weighted by molar-refractivity contribution is 5.30. The molecule has 0 saturated carbocycles. The van der Waals surface area contributed by atoms with Crippen LogP contribution in [0.5, 0.6) is 5.75 Å². The predicted molar refractivity (Wildman–Crippen MR) is 63.6 cm³/mol. The summed E-state index contributed by atoms with van der Waals surface area (Å²) < 4.78 is 0. The molecular weight excluding hydrogens is 218 g/mol. The van der Waals surface area contributed by atoms with E-state index < -0.39 is 6.10 Å². The summed E-state index contributed by atoms with van der Waals surface area (Å²) in [7, 11) is 0. The highest BCUT2D eigenvalue weighted by Gasteiger charge is 2.08. The number of aliphatic hydroxyl groups is 1. The molecule has 0 fully saturated rings. The fourth-order valence-corrected chi connectivity index (χ4v) is 1.43. The molecule has 1 heterocycles. The molecule has 0 spiro atoms. The Bertz CT molecular complexity index is 476. The lowest BCUT2D eigenvalue weighted by molar-refractivity contribution is 0.191. The van der Waals surface area contributed by atoms with E-state index in [4.69, 9.17) is 0 Å². The van der Waals surface area contributed by atoms with Crippen LogP contribution < -0.4 is 5.32 Å². The van der Waals surface area contributed by atoms with Gasteiger partial charge in [0.05, 0.1) is 6.10 Å². The molecule has 3 N–H and O–H groups in total. The van der Waals surface area contributed by atoms with Crippen LogP contribution in [0.25, 0.3) is 0 Å². The minimum Gasteiger partial charge on any atom is -0.508 e. The first-order valence-corrected chi connectivity index (χ1v) is 5.23. The molecule has 0 amide bonds. The topological polar surface area (TPSA) is 78.3 Å². The van der Waals surface area contributed by atoms with Gasteiger partial charge in [-0.15, -0.1) is 0 Å². The zero-order chi connectivity index (χ0) is 12.1. The lowest BCUT2D eigenvalue weighted by Crippen LogP contribution is -2.13. The van der Waals surface area contributed by atoms with E-state index in [0.29, 0.717) is 11.5 Å². The van der Waals surface area contributed by atoms with Gasteiger partial charge < -0.3 is 15.5 Å². The van der Waals surface area contributed by atoms with E-state index in [2.05, 4.69) is 15.3 Å². The highest BCUT2D eigenvalue weighted by atomic mass is 16.3. The summed E-state index contributed by atoms with van der Waals surface area (Å²) in [4.78, 5) is 7.96. The second-order valence-corrected chi connectivity index (χ2v) is 3.56. The van der Waals surface area contributed by atoms with Crippen molar-refractivity contribution in [3.63, 3.8) is 0 Å². The van der Waals surface area contributed by atoms with E-state index in [1.165, 1.54) is 6.07 Å². The summed E-state index contributed by atoms with van der Waals surface area (Å²) in [5.74, 6) is 0.601. The third kappa shape index (κ3) is 3.15. The number of hydrogen-bond donors (Lipinski definition) is 3. The van der Waals surface area contributed by atoms with Crippen molar-refractivity contribution in [2.45, 2.75) is 6.10 Å². The molecule has 17 heavy (non-hydrogen) atoms. The number of hydrogen-bond acceptors (Lipinski definition) is 5. The zero-order valence-electron chi connectivity index (χ0n) is 9.11. The average molecular weight is 231 g/mol. The molecule has 5 nitrogen and oxygen atoms in total. The van der Waals surface area contributed by atoms with Crippen molar-refractivity contribution < 1.29 is 10.2 Å². The van der Waals surface area contributed by atoms with Crippen LogP contribution in [0.15, 0.2) is 42.7 Å². The number of phenolic OH excluding ortho intramolecular Hbond substituents is 1. The number of nitrogens with zero attached hydrogens (tertiary/aromatic N) is 2. The Morgan fingerprint density at radius 2 is 1.94 bits per heavy atom. The normalized spacial score (nSPS) is 12.1. The number of aliphatic hydroxyl groups excluding tert-OH is 1. The van der Waals surface area contributed by atoms with Crippen LogP contribution in [-0.2, 0) is 0 Å². The Balaban J connectivity index is 1.96. The number of anilines is 1. The maximum absolute atomic E-state index is 9.88. The molecule has 0 aliphatic rings. The minimum atomic E-state index is -0.717. The van der Waals surface area contributed by atoms with Gasteiger partial charge >= 0.3 is 0 Å². The first-order valence-electron chi connectivity index (χ1n) is 5.23. The molecule has 2 rings (SSSR count). The Hall–Kier alpha value is -2.14. The van der Waals surface area contributed by atoms with Gasteiger partial charge in [-0.2, -0.15) is 0 Å². The van der Waals surface area contributed by atoms with Gasteiger partial charge in [0.15, 0.2) is 0 Å². The van der Waals surface area contributed by atoms with Crippen LogP contribution in [0.3, 0.4) is 0 Å². The molecule has 1 atom stereocenters. The molecular formula is C12H13N3O2. The summed E-state index contributed by atoms with van der Waals surface area (Å²) >= 11 is 0. The number of phenols is 1. The third-order valence-corrected chi connectivity index (χ3v) is 2.27. The molecule has 88 valence electrons. The quantitative estimate of drug-likeness (QED) is 0.739. The summed E-state index contributed by atoms with van der Waals surface area (Å²) in [6.07, 6.45) is 2.53. The molecule has 0 bridgehead atoms. The Labute approximate surface area is 98.8 Å². The molecule has 2 aromatic rings. The van der Waals surface area contributed by atoms with Crippen LogP contribution in [0.1, 0.15) is 11.7 Å². The van der Waals surface area contributed by atoms with Crippen LogP contribution >= 0.6 is 0 Å². The molecule has 1 aromatic heterocycles. The van der Waals surface area contributed by atoms with Gasteiger partial charge in [-0.1, -0.05) is 12.1 Å². The van der Waals surface area contributed by atoms with Crippen molar-refractivity contribution in [1.29, 1.82) is 0 Å². The van der Waals surface area contributed by atoms with Crippen LogP contribution in [0.2, 0.25) is 0 Å². The van der Waals surface area contributed by atoms with Crippen molar-refractivity contribution >= 4 is 5.95 Å². The molecule has 0 aliphatic heterocycles. The first-order chi connectivity index (χ1) is 8.25. The van der Waals surface area contributed by atoms with Crippen molar-refractivity contribution in [1.82, 2.24) is 9.97 Å². The Kier molecular flexibility index (Phi) is 3.52. The fraction of sp³-hybridized carbons (Fsp3) is 0.167. The lowest BCUT2D eigenvalue weighted by atomic mass is 10.1. The van der Waals surface area contributed by atoms with Crippen LogP contribution in [0, 0.1) is 0 Å². The maximum atomic E-state index is 9.88. The van der Waals surface area contributed by atoms with E-state index in [-0.39, 0.29) is 12.3 Å². The molecule has 5 heteroatoms. The lowest BCUT2D eigenvalue weighted by Gasteiger charge is -2.12. The largest absolute Gasteiger partial charge is 0.508 e. The van der Waals surface area contributed by atoms with E-state index in [9.17, 15) is 10.2 Å². The van der Waals surface area contributed by atoms with E-state index >= 15 is 0 Å². The molecule has 0 aliphatic carbocycles. The molecule has 1 aromatic carbocycles. The van der Waals surface area contributed by atoms with Crippen LogP contribution in [-0.4, -0.2) is 26.7 Å². The number of rotatable bonds is 4. The predicted octanol–water partition coefficient (Wildman–Crippen LogP) is 1.33. The SMILES string of the molecule is Oc1cccc(C(O)CNc2ncccn2)c1. The van der Waals surface area contributed by atoms with Crippen LogP contribution in [0.4, 0.5) is 5.95 Å². The number of aromatic nitrogens is 2. The first kappa shape index (κ1) is 11.3. The number of nitrogens with one attached hydrogen (secondary N) is 1. The van der Waals surface area contributed by atoms with E-state index in [1.807, 2.05) is 0 Å². The van der Waals surface area contributed by atoms with Gasteiger partial charge in [-0.25, -0.2) is 9.97 Å². The van der Waals surface area contributed by atoms with Gasteiger partial charge in [-0.3, -0.25) is 0 Å². The summed E-state index contributed by atoms with van der Waals surface area (Å²) in [6, 6.07) is 8.24. The van der Waals surface area contributed by atoms with Gasteiger partial charge in [0.2, 0.25) is 5.95 Å². The summed E-state index contributed by atoms with van der Waals surface area (Å²) in [5.41, 5.74) is 0.647. The smallest absolute Gasteiger partial charge is 0.222 e. The Morgan fingerprint density at radius 3 is 2.65 bits per heavy atom. The van der Waals surface area contributed by atoms with E-state index in [1.54, 1.807) is 36.7 Å². The fourth-order valence-electron chi connectivity index (χ4n) is 1.43.